The summed E-state index contributed by atoms with van der Waals surface area (Å²) in [5.41, 5.74) is 1.17. The Morgan fingerprint density at radius 2 is 2.28 bits per heavy atom. The van der Waals surface area contributed by atoms with E-state index < -0.39 is 0 Å². The highest BCUT2D eigenvalue weighted by Gasteiger charge is 2.04. The number of aromatic nitrogens is 1. The smallest absolute Gasteiger partial charge is 0.174 e. The maximum Gasteiger partial charge on any atom is 0.174 e. The molecule has 18 heavy (non-hydrogen) atoms. The molecule has 1 heterocycles. The Kier molecular flexibility index (Phi) is 4.78. The van der Waals surface area contributed by atoms with Crippen molar-refractivity contribution in [1.82, 2.24) is 10.5 Å². The Hall–Kier alpha value is -1.33. The minimum atomic E-state index is 0.391. The first-order chi connectivity index (χ1) is 8.79. The topological polar surface area (TPSA) is 47.3 Å². The summed E-state index contributed by atoms with van der Waals surface area (Å²) in [6, 6.07) is 7.72. The zero-order valence-corrected chi connectivity index (χ0v) is 11.7. The molecule has 1 aromatic carbocycles. The fraction of sp³-hybridized carbons (Fsp3) is 0.308. The van der Waals surface area contributed by atoms with Crippen LogP contribution >= 0.6 is 15.9 Å². The highest BCUT2D eigenvalue weighted by atomic mass is 79.9. The molecule has 0 fully saturated rings. The number of halogens is 1. The van der Waals surface area contributed by atoms with Gasteiger partial charge in [-0.05, 0) is 30.3 Å². The van der Waals surface area contributed by atoms with Crippen LogP contribution in [0.5, 0.6) is 5.75 Å². The van der Waals surface area contributed by atoms with E-state index in [0.29, 0.717) is 12.4 Å². The van der Waals surface area contributed by atoms with Crippen molar-refractivity contribution < 1.29 is 9.26 Å². The van der Waals surface area contributed by atoms with Crippen molar-refractivity contribution in [1.29, 1.82) is 0 Å². The number of rotatable bonds is 6. The average Bonchev–Trinajstić information content (AvgIpc) is 2.89. The second kappa shape index (κ2) is 6.56. The molecule has 1 aromatic heterocycles. The molecule has 0 bridgehead atoms. The Morgan fingerprint density at radius 1 is 1.39 bits per heavy atom. The van der Waals surface area contributed by atoms with E-state index in [0.717, 1.165) is 23.3 Å². The molecule has 0 aliphatic rings. The lowest BCUT2D eigenvalue weighted by Crippen LogP contribution is -2.12. The molecule has 0 unspecified atom stereocenters. The van der Waals surface area contributed by atoms with Gasteiger partial charge in [-0.15, -0.1) is 0 Å². The van der Waals surface area contributed by atoms with Gasteiger partial charge in [0.25, 0.3) is 0 Å². The Bertz CT molecular complexity index is 486. The van der Waals surface area contributed by atoms with Gasteiger partial charge in [-0.2, -0.15) is 0 Å². The quantitative estimate of drug-likeness (QED) is 0.890. The van der Waals surface area contributed by atoms with Gasteiger partial charge in [0.2, 0.25) is 0 Å². The number of ether oxygens (including phenoxy) is 1. The predicted octanol–water partition coefficient (Wildman–Crippen LogP) is 3.13. The van der Waals surface area contributed by atoms with Crippen LogP contribution in [0.3, 0.4) is 0 Å². The van der Waals surface area contributed by atoms with E-state index in [1.54, 1.807) is 12.3 Å². The van der Waals surface area contributed by atoms with Crippen molar-refractivity contribution in [2.45, 2.75) is 20.1 Å². The van der Waals surface area contributed by atoms with Crippen LogP contribution in [0, 0.1) is 0 Å². The Balaban J connectivity index is 2.00. The fourth-order valence-electron chi connectivity index (χ4n) is 1.51. The summed E-state index contributed by atoms with van der Waals surface area (Å²) < 4.78 is 11.7. The fourth-order valence-corrected chi connectivity index (χ4v) is 1.89. The van der Waals surface area contributed by atoms with Crippen LogP contribution in [0.15, 0.2) is 39.5 Å². The van der Waals surface area contributed by atoms with Crippen LogP contribution in [0.25, 0.3) is 0 Å². The molecule has 0 spiro atoms. The Morgan fingerprint density at radius 3 is 3.00 bits per heavy atom. The molecule has 0 aliphatic carbocycles. The molecule has 0 atom stereocenters. The minimum Gasteiger partial charge on any atom is -0.486 e. The first-order valence-corrected chi connectivity index (χ1v) is 6.60. The van der Waals surface area contributed by atoms with Crippen molar-refractivity contribution in [3.05, 3.63) is 46.3 Å². The van der Waals surface area contributed by atoms with Gasteiger partial charge >= 0.3 is 0 Å². The van der Waals surface area contributed by atoms with Crippen molar-refractivity contribution in [3.8, 4) is 5.75 Å². The summed E-state index contributed by atoms with van der Waals surface area (Å²) in [6.07, 6.45) is 1.61. The van der Waals surface area contributed by atoms with Crippen LogP contribution < -0.4 is 10.1 Å². The number of benzene rings is 1. The third-order valence-electron chi connectivity index (χ3n) is 2.45. The molecule has 4 nitrogen and oxygen atoms in total. The third-order valence-corrected chi connectivity index (χ3v) is 3.23. The molecule has 1 N–H and O–H groups in total. The van der Waals surface area contributed by atoms with Crippen molar-refractivity contribution in [3.63, 3.8) is 0 Å². The zero-order valence-electron chi connectivity index (χ0n) is 10.1. The lowest BCUT2D eigenvalue weighted by molar-refractivity contribution is 0.249. The van der Waals surface area contributed by atoms with E-state index in [2.05, 4.69) is 33.3 Å². The second-order valence-corrected chi connectivity index (χ2v) is 4.66. The number of nitrogens with one attached hydrogen (secondary N) is 1. The van der Waals surface area contributed by atoms with Gasteiger partial charge in [-0.25, -0.2) is 0 Å². The highest BCUT2D eigenvalue weighted by molar-refractivity contribution is 9.10. The Labute approximate surface area is 114 Å². The lowest BCUT2D eigenvalue weighted by Gasteiger charge is -2.09. The van der Waals surface area contributed by atoms with Gasteiger partial charge in [-0.1, -0.05) is 28.0 Å². The van der Waals surface area contributed by atoms with Crippen LogP contribution in [-0.4, -0.2) is 11.7 Å². The van der Waals surface area contributed by atoms with Gasteiger partial charge in [0.15, 0.2) is 5.76 Å². The summed E-state index contributed by atoms with van der Waals surface area (Å²) in [7, 11) is 0. The zero-order chi connectivity index (χ0) is 12.8. The monoisotopic (exact) mass is 310 g/mol. The molecule has 0 amide bonds. The molecule has 0 saturated heterocycles. The SMILES string of the molecule is CCNCc1cc(OCc2ccno2)ccc1Br. The third kappa shape index (κ3) is 3.58. The molecule has 2 rings (SSSR count). The number of hydrogen-bond acceptors (Lipinski definition) is 4. The minimum absolute atomic E-state index is 0.391. The molecular weight excluding hydrogens is 296 g/mol. The van der Waals surface area contributed by atoms with Crippen LogP contribution in [0.4, 0.5) is 0 Å². The first-order valence-electron chi connectivity index (χ1n) is 5.81. The van der Waals surface area contributed by atoms with Crippen molar-refractivity contribution in [2.24, 2.45) is 0 Å². The van der Waals surface area contributed by atoms with E-state index in [1.807, 2.05) is 18.2 Å². The summed E-state index contributed by atoms with van der Waals surface area (Å²) >= 11 is 3.53. The van der Waals surface area contributed by atoms with E-state index in [-0.39, 0.29) is 0 Å². The van der Waals surface area contributed by atoms with E-state index in [1.165, 1.54) is 5.56 Å². The van der Waals surface area contributed by atoms with Gasteiger partial charge in [-0.3, -0.25) is 0 Å². The maximum absolute atomic E-state index is 5.64. The molecule has 0 aliphatic heterocycles. The molecular formula is C13H15BrN2O2. The van der Waals surface area contributed by atoms with Crippen molar-refractivity contribution in [2.75, 3.05) is 6.54 Å². The van der Waals surface area contributed by atoms with Crippen LogP contribution in [0.2, 0.25) is 0 Å². The predicted molar refractivity (Wildman–Crippen MR) is 72.4 cm³/mol. The highest BCUT2D eigenvalue weighted by Crippen LogP contribution is 2.23. The number of hydrogen-bond donors (Lipinski definition) is 1. The summed E-state index contributed by atoms with van der Waals surface area (Å²) in [5.74, 6) is 1.54. The molecule has 0 saturated carbocycles. The largest absolute Gasteiger partial charge is 0.486 e. The van der Waals surface area contributed by atoms with E-state index in [4.69, 9.17) is 9.26 Å². The molecule has 0 radical (unpaired) electrons. The number of nitrogens with zero attached hydrogens (tertiary/aromatic N) is 1. The lowest BCUT2D eigenvalue weighted by atomic mass is 10.2. The second-order valence-electron chi connectivity index (χ2n) is 3.80. The summed E-state index contributed by atoms with van der Waals surface area (Å²) in [5, 5.41) is 6.92. The normalized spacial score (nSPS) is 10.6. The van der Waals surface area contributed by atoms with Crippen molar-refractivity contribution >= 4 is 15.9 Å². The summed E-state index contributed by atoms with van der Waals surface area (Å²) in [6.45, 7) is 4.23. The van der Waals surface area contributed by atoms with Crippen LogP contribution in [-0.2, 0) is 13.2 Å². The van der Waals surface area contributed by atoms with Crippen LogP contribution in [0.1, 0.15) is 18.2 Å². The maximum atomic E-state index is 5.64. The van der Waals surface area contributed by atoms with E-state index in [9.17, 15) is 0 Å². The summed E-state index contributed by atoms with van der Waals surface area (Å²) in [4.78, 5) is 0. The average molecular weight is 311 g/mol. The van der Waals surface area contributed by atoms with Gasteiger partial charge in [0.1, 0.15) is 12.4 Å². The van der Waals surface area contributed by atoms with Gasteiger partial charge < -0.3 is 14.6 Å². The molecule has 2 aromatic rings. The molecule has 5 heteroatoms. The van der Waals surface area contributed by atoms with E-state index >= 15 is 0 Å². The first kappa shape index (κ1) is 13.1. The molecule has 96 valence electrons. The standard InChI is InChI=1S/C13H15BrN2O2/c1-2-15-8-10-7-11(3-4-13(10)14)17-9-12-5-6-16-18-12/h3-7,15H,2,8-9H2,1H3. The van der Waals surface area contributed by atoms with Gasteiger partial charge in [0, 0.05) is 17.1 Å². The van der Waals surface area contributed by atoms with Gasteiger partial charge in [0.05, 0.1) is 6.20 Å².